The smallest absolute Gasteiger partial charge is 0.392 e. The number of hydrogen-bond acceptors (Lipinski definition) is 3. The quantitative estimate of drug-likeness (QED) is 0.925. The van der Waals surface area contributed by atoms with Gasteiger partial charge in [-0.3, -0.25) is 0 Å². The van der Waals surface area contributed by atoms with E-state index >= 15 is 0 Å². The highest BCUT2D eigenvalue weighted by molar-refractivity contribution is 9.10. The van der Waals surface area contributed by atoms with Crippen LogP contribution in [-0.4, -0.2) is 28.9 Å². The molecule has 3 nitrogen and oxygen atoms in total. The van der Waals surface area contributed by atoms with Crippen molar-refractivity contribution in [3.05, 3.63) is 22.3 Å². The first-order valence-corrected chi connectivity index (χ1v) is 6.28. The largest absolute Gasteiger partial charge is 0.405 e. The van der Waals surface area contributed by atoms with Gasteiger partial charge in [-0.1, -0.05) is 0 Å². The first-order valence-electron chi connectivity index (χ1n) is 5.49. The molecule has 0 spiro atoms. The molecule has 1 aliphatic carbocycles. The summed E-state index contributed by atoms with van der Waals surface area (Å²) in [4.78, 5) is 5.25. The minimum absolute atomic E-state index is 0.120. The number of aliphatic hydroxyl groups excluding tert-OH is 1. The van der Waals surface area contributed by atoms with Crippen molar-refractivity contribution in [1.82, 2.24) is 4.98 Å². The fourth-order valence-electron chi connectivity index (χ4n) is 1.81. The van der Waals surface area contributed by atoms with E-state index in [4.69, 9.17) is 0 Å². The maximum atomic E-state index is 12.6. The monoisotopic (exact) mass is 324 g/mol. The lowest BCUT2D eigenvalue weighted by Gasteiger charge is -2.26. The first-order chi connectivity index (χ1) is 8.40. The molecule has 18 heavy (non-hydrogen) atoms. The van der Waals surface area contributed by atoms with Crippen LogP contribution in [0.15, 0.2) is 16.7 Å². The van der Waals surface area contributed by atoms with Crippen molar-refractivity contribution < 1.29 is 18.3 Å². The van der Waals surface area contributed by atoms with E-state index in [0.29, 0.717) is 10.0 Å². The first kappa shape index (κ1) is 13.6. The van der Waals surface area contributed by atoms with Gasteiger partial charge in [-0.2, -0.15) is 13.2 Å². The van der Waals surface area contributed by atoms with Crippen molar-refractivity contribution in [2.24, 2.45) is 0 Å². The predicted octanol–water partition coefficient (Wildman–Crippen LogP) is 2.87. The van der Waals surface area contributed by atoms with Crippen molar-refractivity contribution in [3.63, 3.8) is 0 Å². The molecule has 0 atom stereocenters. The van der Waals surface area contributed by atoms with E-state index in [-0.39, 0.29) is 18.5 Å². The fourth-order valence-corrected chi connectivity index (χ4v) is 2.18. The molecule has 0 bridgehead atoms. The van der Waals surface area contributed by atoms with Crippen LogP contribution in [0.3, 0.4) is 0 Å². The van der Waals surface area contributed by atoms with Crippen LogP contribution in [0.5, 0.6) is 0 Å². The van der Waals surface area contributed by atoms with Gasteiger partial charge in [0.1, 0.15) is 12.4 Å². The molecule has 1 N–H and O–H groups in total. The van der Waals surface area contributed by atoms with Crippen LogP contribution in [0.4, 0.5) is 19.0 Å². The van der Waals surface area contributed by atoms with Crippen LogP contribution in [0.2, 0.25) is 0 Å². The molecule has 0 radical (unpaired) electrons. The van der Waals surface area contributed by atoms with Gasteiger partial charge in [0, 0.05) is 22.3 Å². The van der Waals surface area contributed by atoms with E-state index in [1.54, 1.807) is 6.07 Å². The zero-order chi connectivity index (χ0) is 13.3. The van der Waals surface area contributed by atoms with Gasteiger partial charge < -0.3 is 10.0 Å². The number of anilines is 1. The van der Waals surface area contributed by atoms with E-state index in [1.807, 2.05) is 0 Å². The van der Waals surface area contributed by atoms with E-state index in [0.717, 1.165) is 12.8 Å². The highest BCUT2D eigenvalue weighted by atomic mass is 79.9. The normalized spacial score (nSPS) is 15.8. The lowest BCUT2D eigenvalue weighted by Crippen LogP contribution is -2.37. The third-order valence-corrected chi connectivity index (χ3v) is 3.12. The Labute approximate surface area is 111 Å². The molecule has 1 aromatic heterocycles. The fraction of sp³-hybridized carbons (Fsp3) is 0.545. The van der Waals surface area contributed by atoms with Gasteiger partial charge in [0.25, 0.3) is 0 Å². The maximum absolute atomic E-state index is 12.6. The number of hydrogen-bond donors (Lipinski definition) is 1. The molecular formula is C11H12BrF3N2O. The van der Waals surface area contributed by atoms with Gasteiger partial charge in [0.05, 0.1) is 6.61 Å². The molecule has 0 saturated heterocycles. The Morgan fingerprint density at radius 1 is 1.44 bits per heavy atom. The zero-order valence-electron chi connectivity index (χ0n) is 9.41. The molecule has 100 valence electrons. The van der Waals surface area contributed by atoms with Crippen molar-refractivity contribution >= 4 is 21.7 Å². The van der Waals surface area contributed by atoms with Crippen LogP contribution >= 0.6 is 15.9 Å². The van der Waals surface area contributed by atoms with Crippen molar-refractivity contribution in [3.8, 4) is 0 Å². The van der Waals surface area contributed by atoms with Gasteiger partial charge in [0.2, 0.25) is 0 Å². The van der Waals surface area contributed by atoms with Gasteiger partial charge in [-0.15, -0.1) is 0 Å². The molecule has 0 aromatic carbocycles. The van der Waals surface area contributed by atoms with Crippen LogP contribution in [0.25, 0.3) is 0 Å². The molecule has 1 fully saturated rings. The summed E-state index contributed by atoms with van der Waals surface area (Å²) in [5.74, 6) is 0.223. The maximum Gasteiger partial charge on any atom is 0.405 e. The molecule has 1 aliphatic rings. The second kappa shape index (κ2) is 5.05. The summed E-state index contributed by atoms with van der Waals surface area (Å²) in [5.41, 5.74) is 0.403. The summed E-state index contributed by atoms with van der Waals surface area (Å²) in [6, 6.07) is 1.47. The lowest BCUT2D eigenvalue weighted by atomic mass is 10.2. The number of halogens is 4. The minimum Gasteiger partial charge on any atom is -0.392 e. The van der Waals surface area contributed by atoms with E-state index in [1.165, 1.54) is 11.1 Å². The van der Waals surface area contributed by atoms with Crippen LogP contribution in [-0.2, 0) is 6.61 Å². The molecule has 1 heterocycles. The van der Waals surface area contributed by atoms with Gasteiger partial charge in [-0.25, -0.2) is 4.98 Å². The third kappa shape index (κ3) is 3.35. The summed E-state index contributed by atoms with van der Waals surface area (Å²) in [7, 11) is 0. The highest BCUT2D eigenvalue weighted by Crippen LogP contribution is 2.35. The summed E-state index contributed by atoms with van der Waals surface area (Å²) < 4.78 is 38.3. The van der Waals surface area contributed by atoms with E-state index in [9.17, 15) is 18.3 Å². The number of pyridine rings is 1. The zero-order valence-corrected chi connectivity index (χ0v) is 11.0. The molecular weight excluding hydrogens is 313 g/mol. The summed E-state index contributed by atoms with van der Waals surface area (Å²) >= 11 is 3.19. The molecule has 0 aliphatic heterocycles. The third-order valence-electron chi connectivity index (χ3n) is 2.69. The Hall–Kier alpha value is -0.820. The van der Waals surface area contributed by atoms with Gasteiger partial charge in [0.15, 0.2) is 0 Å². The second-order valence-corrected chi connectivity index (χ2v) is 5.18. The molecule has 0 unspecified atom stereocenters. The Morgan fingerprint density at radius 3 is 2.61 bits per heavy atom. The molecule has 0 amide bonds. The number of nitrogens with zero attached hydrogens (tertiary/aromatic N) is 2. The van der Waals surface area contributed by atoms with E-state index in [2.05, 4.69) is 20.9 Å². The highest BCUT2D eigenvalue weighted by Gasteiger charge is 2.39. The van der Waals surface area contributed by atoms with Crippen molar-refractivity contribution in [2.45, 2.75) is 31.7 Å². The molecule has 1 aromatic rings. The van der Waals surface area contributed by atoms with Gasteiger partial charge in [-0.05, 0) is 34.8 Å². The SMILES string of the molecule is OCc1cc(Br)cnc1N(CC(F)(F)F)C1CC1. The Kier molecular flexibility index (Phi) is 3.82. The molecule has 7 heteroatoms. The number of alkyl halides is 3. The summed E-state index contributed by atoms with van der Waals surface area (Å²) in [6.07, 6.45) is -1.36. The van der Waals surface area contributed by atoms with Crippen molar-refractivity contribution in [1.29, 1.82) is 0 Å². The standard InChI is InChI=1S/C11H12BrF3N2O/c12-8-3-7(5-18)10(16-4-8)17(9-1-2-9)6-11(13,14)15/h3-4,9,18H,1-2,5-6H2. The molecule has 1 saturated carbocycles. The average Bonchev–Trinajstić information content (AvgIpc) is 3.08. The van der Waals surface area contributed by atoms with Gasteiger partial charge >= 0.3 is 6.18 Å². The second-order valence-electron chi connectivity index (χ2n) is 4.27. The topological polar surface area (TPSA) is 36.4 Å². The Balaban J connectivity index is 2.30. The average molecular weight is 325 g/mol. The number of aliphatic hydroxyl groups is 1. The van der Waals surface area contributed by atoms with Crippen molar-refractivity contribution in [2.75, 3.05) is 11.4 Å². The predicted molar refractivity (Wildman–Crippen MR) is 64.3 cm³/mol. The Morgan fingerprint density at radius 2 is 2.11 bits per heavy atom. The summed E-state index contributed by atoms with van der Waals surface area (Å²) in [5, 5.41) is 9.22. The lowest BCUT2D eigenvalue weighted by molar-refractivity contribution is -0.120. The Bertz CT molecular complexity index is 435. The van der Waals surface area contributed by atoms with Crippen LogP contribution < -0.4 is 4.90 Å². The van der Waals surface area contributed by atoms with Crippen LogP contribution in [0, 0.1) is 0 Å². The number of aromatic nitrogens is 1. The van der Waals surface area contributed by atoms with E-state index < -0.39 is 12.7 Å². The number of rotatable bonds is 4. The minimum atomic E-state index is -4.27. The molecule has 2 rings (SSSR count). The summed E-state index contributed by atoms with van der Waals surface area (Å²) in [6.45, 7) is -1.36. The van der Waals surface area contributed by atoms with Crippen LogP contribution in [0.1, 0.15) is 18.4 Å².